The van der Waals surface area contributed by atoms with Crippen LogP contribution < -0.4 is 11.2 Å². The van der Waals surface area contributed by atoms with Gasteiger partial charge in [-0.15, -0.1) is 0 Å². The SMILES string of the molecule is Cc1c(Cl)[nH]c(=O)n(-c2ccc(F)cc2Br)c1=O. The van der Waals surface area contributed by atoms with Crippen molar-refractivity contribution in [3.05, 3.63) is 60.0 Å². The van der Waals surface area contributed by atoms with Crippen LogP contribution in [0.15, 0.2) is 32.3 Å². The van der Waals surface area contributed by atoms with Crippen LogP contribution in [0.1, 0.15) is 5.56 Å². The molecule has 0 bridgehead atoms. The monoisotopic (exact) mass is 332 g/mol. The fourth-order valence-electron chi connectivity index (χ4n) is 1.48. The first-order valence-electron chi connectivity index (χ1n) is 4.88. The molecule has 0 saturated carbocycles. The summed E-state index contributed by atoms with van der Waals surface area (Å²) in [7, 11) is 0. The first kappa shape index (κ1) is 13.0. The van der Waals surface area contributed by atoms with Gasteiger partial charge in [-0.05, 0) is 41.1 Å². The first-order valence-corrected chi connectivity index (χ1v) is 6.06. The highest BCUT2D eigenvalue weighted by Gasteiger charge is 2.13. The van der Waals surface area contributed by atoms with Crippen LogP contribution in [-0.4, -0.2) is 9.55 Å². The zero-order valence-corrected chi connectivity index (χ0v) is 11.5. The summed E-state index contributed by atoms with van der Waals surface area (Å²) in [5.74, 6) is -0.471. The molecule has 0 aliphatic carbocycles. The molecule has 0 atom stereocenters. The molecule has 2 rings (SSSR count). The minimum Gasteiger partial charge on any atom is -0.297 e. The third-order valence-corrected chi connectivity index (χ3v) is 3.44. The largest absolute Gasteiger partial charge is 0.334 e. The van der Waals surface area contributed by atoms with Gasteiger partial charge in [0.1, 0.15) is 11.0 Å². The van der Waals surface area contributed by atoms with Crippen LogP contribution in [0.4, 0.5) is 4.39 Å². The lowest BCUT2D eigenvalue weighted by molar-refractivity contribution is 0.626. The second-order valence-corrected chi connectivity index (χ2v) is 4.84. The summed E-state index contributed by atoms with van der Waals surface area (Å²) in [6.45, 7) is 1.49. The van der Waals surface area contributed by atoms with Gasteiger partial charge >= 0.3 is 5.69 Å². The van der Waals surface area contributed by atoms with E-state index >= 15 is 0 Å². The maximum Gasteiger partial charge on any atom is 0.334 e. The third-order valence-electron chi connectivity index (χ3n) is 2.42. The first-order chi connectivity index (χ1) is 8.41. The van der Waals surface area contributed by atoms with E-state index in [0.717, 1.165) is 10.6 Å². The molecule has 1 heterocycles. The van der Waals surface area contributed by atoms with Gasteiger partial charge in [-0.2, -0.15) is 0 Å². The molecule has 4 nitrogen and oxygen atoms in total. The Morgan fingerprint density at radius 3 is 2.67 bits per heavy atom. The highest BCUT2D eigenvalue weighted by molar-refractivity contribution is 9.10. The maximum atomic E-state index is 13.0. The standard InChI is InChI=1S/C11H7BrClFN2O2/c1-5-9(13)15-11(18)16(10(5)17)8-3-2-6(14)4-7(8)12/h2-4H,1H3,(H,15,18). The van der Waals surface area contributed by atoms with Gasteiger partial charge in [-0.25, -0.2) is 13.8 Å². The number of nitrogens with one attached hydrogen (secondary N) is 1. The second kappa shape index (κ2) is 4.70. The molecule has 0 unspecified atom stereocenters. The number of aromatic amines is 1. The van der Waals surface area contributed by atoms with Crippen molar-refractivity contribution < 1.29 is 4.39 Å². The number of benzene rings is 1. The topological polar surface area (TPSA) is 54.9 Å². The van der Waals surface area contributed by atoms with Gasteiger partial charge < -0.3 is 0 Å². The van der Waals surface area contributed by atoms with E-state index in [1.54, 1.807) is 0 Å². The van der Waals surface area contributed by atoms with Crippen LogP contribution in [0.3, 0.4) is 0 Å². The van der Waals surface area contributed by atoms with Crippen molar-refractivity contribution in [1.82, 2.24) is 9.55 Å². The number of hydrogen-bond acceptors (Lipinski definition) is 2. The lowest BCUT2D eigenvalue weighted by atomic mass is 10.3. The molecule has 0 fully saturated rings. The molecule has 0 amide bonds. The van der Waals surface area contributed by atoms with Gasteiger partial charge in [-0.1, -0.05) is 11.6 Å². The van der Waals surface area contributed by atoms with Crippen molar-refractivity contribution >= 4 is 27.5 Å². The maximum absolute atomic E-state index is 13.0. The van der Waals surface area contributed by atoms with E-state index in [1.807, 2.05) is 0 Å². The summed E-state index contributed by atoms with van der Waals surface area (Å²) in [5, 5.41) is -0.000478. The molecule has 0 spiro atoms. The zero-order chi connectivity index (χ0) is 13.4. The average molecular weight is 334 g/mol. The van der Waals surface area contributed by atoms with Crippen molar-refractivity contribution in [1.29, 1.82) is 0 Å². The Hall–Kier alpha value is -1.40. The highest BCUT2D eigenvalue weighted by atomic mass is 79.9. The molecule has 2 aromatic rings. The van der Waals surface area contributed by atoms with E-state index in [0.29, 0.717) is 4.47 Å². The summed E-state index contributed by atoms with van der Waals surface area (Å²) in [4.78, 5) is 26.1. The van der Waals surface area contributed by atoms with E-state index < -0.39 is 17.1 Å². The zero-order valence-electron chi connectivity index (χ0n) is 9.13. The smallest absolute Gasteiger partial charge is 0.297 e. The minimum absolute atomic E-state index is 0.000478. The molecular formula is C11H7BrClFN2O2. The van der Waals surface area contributed by atoms with Crippen molar-refractivity contribution in [2.75, 3.05) is 0 Å². The molecule has 0 aliphatic rings. The summed E-state index contributed by atoms with van der Waals surface area (Å²) in [6, 6.07) is 3.67. The predicted octanol–water partition coefficient (Wildman–Crippen LogP) is 2.39. The number of H-pyrrole nitrogens is 1. The molecule has 0 radical (unpaired) electrons. The van der Waals surface area contributed by atoms with E-state index in [-0.39, 0.29) is 16.4 Å². The van der Waals surface area contributed by atoms with Gasteiger partial charge in [-0.3, -0.25) is 9.78 Å². The predicted molar refractivity (Wildman–Crippen MR) is 70.1 cm³/mol. The fourth-order valence-corrected chi connectivity index (χ4v) is 2.17. The summed E-state index contributed by atoms with van der Waals surface area (Å²) < 4.78 is 14.2. The molecule has 1 N–H and O–H groups in total. The van der Waals surface area contributed by atoms with Crippen LogP contribution in [0.5, 0.6) is 0 Å². The molecule has 0 aliphatic heterocycles. The Kier molecular flexibility index (Phi) is 3.41. The highest BCUT2D eigenvalue weighted by Crippen LogP contribution is 2.20. The molecular weight excluding hydrogens is 326 g/mol. The van der Waals surface area contributed by atoms with Gasteiger partial charge in [0.05, 0.1) is 11.3 Å². The number of nitrogens with zero attached hydrogens (tertiary/aromatic N) is 1. The number of halogens is 3. The summed E-state index contributed by atoms with van der Waals surface area (Å²) >= 11 is 8.81. The van der Waals surface area contributed by atoms with Crippen LogP contribution in [-0.2, 0) is 0 Å². The normalized spacial score (nSPS) is 10.7. The Bertz CT molecular complexity index is 739. The van der Waals surface area contributed by atoms with Crippen LogP contribution in [0.25, 0.3) is 5.69 Å². The summed E-state index contributed by atoms with van der Waals surface area (Å²) in [6.07, 6.45) is 0. The Balaban J connectivity index is 2.84. The third kappa shape index (κ3) is 2.13. The summed E-state index contributed by atoms with van der Waals surface area (Å²) in [5.41, 5.74) is -0.756. The van der Waals surface area contributed by atoms with Gasteiger partial charge in [0.25, 0.3) is 5.56 Å². The number of aromatic nitrogens is 2. The van der Waals surface area contributed by atoms with Crippen LogP contribution >= 0.6 is 27.5 Å². The molecule has 1 aromatic carbocycles. The van der Waals surface area contributed by atoms with Crippen molar-refractivity contribution in [3.8, 4) is 5.69 Å². The van der Waals surface area contributed by atoms with Crippen molar-refractivity contribution in [3.63, 3.8) is 0 Å². The Morgan fingerprint density at radius 2 is 2.06 bits per heavy atom. The molecule has 1 aromatic heterocycles. The van der Waals surface area contributed by atoms with E-state index in [4.69, 9.17) is 11.6 Å². The second-order valence-electron chi connectivity index (χ2n) is 3.61. The minimum atomic E-state index is -0.678. The lowest BCUT2D eigenvalue weighted by Crippen LogP contribution is -2.35. The Morgan fingerprint density at radius 1 is 1.39 bits per heavy atom. The quantitative estimate of drug-likeness (QED) is 0.815. The molecule has 18 heavy (non-hydrogen) atoms. The van der Waals surface area contributed by atoms with Gasteiger partial charge in [0.15, 0.2) is 0 Å². The molecule has 94 valence electrons. The number of hydrogen-bond donors (Lipinski definition) is 1. The van der Waals surface area contributed by atoms with Gasteiger partial charge in [0.2, 0.25) is 0 Å². The molecule has 7 heteroatoms. The van der Waals surface area contributed by atoms with Crippen molar-refractivity contribution in [2.45, 2.75) is 6.92 Å². The fraction of sp³-hybridized carbons (Fsp3) is 0.0909. The lowest BCUT2D eigenvalue weighted by Gasteiger charge is -2.08. The molecule has 0 saturated heterocycles. The average Bonchev–Trinajstić information content (AvgIpc) is 2.29. The number of rotatable bonds is 1. The van der Waals surface area contributed by atoms with E-state index in [2.05, 4.69) is 20.9 Å². The Labute approximate surface area is 114 Å². The van der Waals surface area contributed by atoms with Crippen LogP contribution in [0.2, 0.25) is 5.15 Å². The van der Waals surface area contributed by atoms with E-state index in [1.165, 1.54) is 19.1 Å². The van der Waals surface area contributed by atoms with Crippen molar-refractivity contribution in [2.24, 2.45) is 0 Å². The van der Waals surface area contributed by atoms with Crippen LogP contribution in [0, 0.1) is 12.7 Å². The van der Waals surface area contributed by atoms with E-state index in [9.17, 15) is 14.0 Å². The van der Waals surface area contributed by atoms with Gasteiger partial charge in [0, 0.05) is 4.47 Å².